The lowest BCUT2D eigenvalue weighted by molar-refractivity contribution is 0.0993. The Morgan fingerprint density at radius 1 is 1.30 bits per heavy atom. The second-order valence-electron chi connectivity index (χ2n) is 4.29. The van der Waals surface area contributed by atoms with Crippen molar-refractivity contribution in [2.75, 3.05) is 12.8 Å². The highest BCUT2D eigenvalue weighted by molar-refractivity contribution is 6.31. The van der Waals surface area contributed by atoms with Gasteiger partial charge in [0, 0.05) is 22.7 Å². The summed E-state index contributed by atoms with van der Waals surface area (Å²) in [5.41, 5.74) is 7.08. The van der Waals surface area contributed by atoms with E-state index in [0.717, 1.165) is 0 Å². The highest BCUT2D eigenvalue weighted by Gasteiger charge is 2.14. The largest absolute Gasteiger partial charge is 0.497 e. The molecule has 0 aromatic heterocycles. The molecule has 0 saturated heterocycles. The van der Waals surface area contributed by atoms with Crippen LogP contribution in [0.1, 0.15) is 15.9 Å². The van der Waals surface area contributed by atoms with Crippen molar-refractivity contribution in [1.82, 2.24) is 0 Å². The molecular weight excluding hydrogens is 281 g/mol. The molecule has 0 unspecified atom stereocenters. The van der Waals surface area contributed by atoms with Crippen LogP contribution in [-0.2, 0) is 6.42 Å². The van der Waals surface area contributed by atoms with E-state index in [1.165, 1.54) is 25.3 Å². The summed E-state index contributed by atoms with van der Waals surface area (Å²) >= 11 is 5.91. The van der Waals surface area contributed by atoms with E-state index < -0.39 is 5.82 Å². The predicted molar refractivity (Wildman–Crippen MR) is 76.9 cm³/mol. The van der Waals surface area contributed by atoms with Crippen molar-refractivity contribution in [2.24, 2.45) is 0 Å². The molecule has 2 aromatic carbocycles. The van der Waals surface area contributed by atoms with Gasteiger partial charge in [-0.15, -0.1) is 0 Å². The lowest BCUT2D eigenvalue weighted by Crippen LogP contribution is -2.08. The van der Waals surface area contributed by atoms with Gasteiger partial charge in [-0.3, -0.25) is 4.79 Å². The van der Waals surface area contributed by atoms with Crippen LogP contribution < -0.4 is 10.5 Å². The van der Waals surface area contributed by atoms with E-state index in [-0.39, 0.29) is 17.2 Å². The fraction of sp³-hybridized carbons (Fsp3) is 0.133. The molecule has 0 saturated carbocycles. The fourth-order valence-electron chi connectivity index (χ4n) is 1.84. The first kappa shape index (κ1) is 14.3. The van der Waals surface area contributed by atoms with E-state index >= 15 is 0 Å². The van der Waals surface area contributed by atoms with Crippen LogP contribution in [0.2, 0.25) is 5.02 Å². The lowest BCUT2D eigenvalue weighted by Gasteiger charge is -2.08. The Labute approximate surface area is 121 Å². The average molecular weight is 294 g/mol. The van der Waals surface area contributed by atoms with E-state index in [1.807, 2.05) is 0 Å². The molecule has 0 aliphatic rings. The number of nitrogen functional groups attached to an aromatic ring is 1. The van der Waals surface area contributed by atoms with Crippen molar-refractivity contribution in [1.29, 1.82) is 0 Å². The molecule has 0 aliphatic carbocycles. The van der Waals surface area contributed by atoms with Crippen LogP contribution in [0.25, 0.3) is 0 Å². The summed E-state index contributed by atoms with van der Waals surface area (Å²) in [6.07, 6.45) is 0.0521. The summed E-state index contributed by atoms with van der Waals surface area (Å²) in [5.74, 6) is -0.0882. The van der Waals surface area contributed by atoms with E-state index in [0.29, 0.717) is 22.6 Å². The minimum Gasteiger partial charge on any atom is -0.497 e. The second-order valence-corrected chi connectivity index (χ2v) is 4.70. The normalized spacial score (nSPS) is 10.3. The molecule has 2 N–H and O–H groups in total. The monoisotopic (exact) mass is 293 g/mol. The molecule has 0 heterocycles. The lowest BCUT2D eigenvalue weighted by atomic mass is 10.0. The zero-order valence-corrected chi connectivity index (χ0v) is 11.6. The SMILES string of the molecule is COc1ccc(N)c(C(=O)Cc2ccc(F)cc2Cl)c1. The number of rotatable bonds is 4. The molecular formula is C15H13ClFNO2. The van der Waals surface area contributed by atoms with Crippen molar-refractivity contribution in [2.45, 2.75) is 6.42 Å². The number of anilines is 1. The third-order valence-corrected chi connectivity index (χ3v) is 3.28. The quantitative estimate of drug-likeness (QED) is 0.693. The number of hydrogen-bond acceptors (Lipinski definition) is 3. The Hall–Kier alpha value is -2.07. The maximum Gasteiger partial charge on any atom is 0.169 e. The third kappa shape index (κ3) is 3.08. The van der Waals surface area contributed by atoms with Crippen LogP contribution in [0, 0.1) is 5.82 Å². The van der Waals surface area contributed by atoms with Gasteiger partial charge in [-0.2, -0.15) is 0 Å². The molecule has 0 bridgehead atoms. The van der Waals surface area contributed by atoms with Crippen LogP contribution in [0.3, 0.4) is 0 Å². The average Bonchev–Trinajstić information content (AvgIpc) is 2.42. The maximum absolute atomic E-state index is 13.0. The minimum atomic E-state index is -0.438. The van der Waals surface area contributed by atoms with Gasteiger partial charge in [0.2, 0.25) is 0 Å². The van der Waals surface area contributed by atoms with Gasteiger partial charge in [0.15, 0.2) is 5.78 Å². The standard InChI is InChI=1S/C15H13ClFNO2/c1-20-11-4-5-14(18)12(8-11)15(19)6-9-2-3-10(17)7-13(9)16/h2-5,7-8H,6,18H2,1H3. The molecule has 20 heavy (non-hydrogen) atoms. The van der Waals surface area contributed by atoms with E-state index in [9.17, 15) is 9.18 Å². The Balaban J connectivity index is 2.28. The fourth-order valence-corrected chi connectivity index (χ4v) is 2.07. The first-order valence-electron chi connectivity index (χ1n) is 5.92. The molecule has 2 aromatic rings. The summed E-state index contributed by atoms with van der Waals surface area (Å²) in [4.78, 5) is 12.3. The van der Waals surface area contributed by atoms with Gasteiger partial charge in [0.05, 0.1) is 7.11 Å². The number of ether oxygens (including phenoxy) is 1. The molecule has 104 valence electrons. The summed E-state index contributed by atoms with van der Waals surface area (Å²) in [6.45, 7) is 0. The highest BCUT2D eigenvalue weighted by Crippen LogP contribution is 2.23. The van der Waals surface area contributed by atoms with Gasteiger partial charge in [-0.05, 0) is 35.9 Å². The van der Waals surface area contributed by atoms with Crippen LogP contribution in [0.5, 0.6) is 5.75 Å². The molecule has 0 aliphatic heterocycles. The van der Waals surface area contributed by atoms with Crippen LogP contribution in [0.4, 0.5) is 10.1 Å². The first-order chi connectivity index (χ1) is 9.51. The molecule has 0 amide bonds. The number of hydrogen-bond donors (Lipinski definition) is 1. The highest BCUT2D eigenvalue weighted by atomic mass is 35.5. The van der Waals surface area contributed by atoms with Crippen molar-refractivity contribution < 1.29 is 13.9 Å². The van der Waals surface area contributed by atoms with Gasteiger partial charge < -0.3 is 10.5 Å². The number of benzene rings is 2. The summed E-state index contributed by atoms with van der Waals surface area (Å²) < 4.78 is 18.0. The number of Topliss-reactive ketones (excluding diaryl/α,β-unsaturated/α-hetero) is 1. The smallest absolute Gasteiger partial charge is 0.169 e. The Morgan fingerprint density at radius 2 is 2.05 bits per heavy atom. The van der Waals surface area contributed by atoms with E-state index in [4.69, 9.17) is 22.1 Å². The number of methoxy groups -OCH3 is 1. The molecule has 0 atom stereocenters. The molecule has 2 rings (SSSR count). The Bertz CT molecular complexity index is 658. The number of ketones is 1. The van der Waals surface area contributed by atoms with Gasteiger partial charge in [-0.1, -0.05) is 17.7 Å². The van der Waals surface area contributed by atoms with Crippen molar-refractivity contribution in [3.05, 3.63) is 58.4 Å². The number of nitrogens with two attached hydrogens (primary N) is 1. The molecule has 5 heteroatoms. The number of carbonyl (C=O) groups is 1. The van der Waals surface area contributed by atoms with Crippen molar-refractivity contribution in [3.63, 3.8) is 0 Å². The summed E-state index contributed by atoms with van der Waals surface area (Å²) in [6, 6.07) is 8.80. The van der Waals surface area contributed by atoms with Gasteiger partial charge in [0.1, 0.15) is 11.6 Å². The number of carbonyl (C=O) groups excluding carboxylic acids is 1. The molecule has 0 spiro atoms. The Kier molecular flexibility index (Phi) is 4.25. The zero-order valence-electron chi connectivity index (χ0n) is 10.8. The van der Waals surface area contributed by atoms with Crippen LogP contribution in [-0.4, -0.2) is 12.9 Å². The van der Waals surface area contributed by atoms with Gasteiger partial charge in [0.25, 0.3) is 0 Å². The van der Waals surface area contributed by atoms with E-state index in [2.05, 4.69) is 0 Å². The zero-order chi connectivity index (χ0) is 14.7. The first-order valence-corrected chi connectivity index (χ1v) is 6.29. The van der Waals surface area contributed by atoms with E-state index in [1.54, 1.807) is 18.2 Å². The second kappa shape index (κ2) is 5.92. The van der Waals surface area contributed by atoms with Crippen LogP contribution in [0.15, 0.2) is 36.4 Å². The maximum atomic E-state index is 13.0. The minimum absolute atomic E-state index is 0.0521. The molecule has 3 nitrogen and oxygen atoms in total. The Morgan fingerprint density at radius 3 is 2.70 bits per heavy atom. The van der Waals surface area contributed by atoms with Crippen molar-refractivity contribution >= 4 is 23.1 Å². The summed E-state index contributed by atoms with van der Waals surface area (Å²) in [5, 5.41) is 0.222. The summed E-state index contributed by atoms with van der Waals surface area (Å²) in [7, 11) is 1.51. The van der Waals surface area contributed by atoms with Crippen LogP contribution >= 0.6 is 11.6 Å². The van der Waals surface area contributed by atoms with Gasteiger partial charge in [-0.25, -0.2) is 4.39 Å². The number of halogens is 2. The molecule has 0 radical (unpaired) electrons. The third-order valence-electron chi connectivity index (χ3n) is 2.93. The molecule has 0 fully saturated rings. The topological polar surface area (TPSA) is 52.3 Å². The predicted octanol–water partition coefficient (Wildman–Crippen LogP) is 3.50. The van der Waals surface area contributed by atoms with Gasteiger partial charge >= 0.3 is 0 Å². The van der Waals surface area contributed by atoms with Crippen molar-refractivity contribution in [3.8, 4) is 5.75 Å².